The molecule has 3 rings (SSSR count). The van der Waals surface area contributed by atoms with E-state index in [2.05, 4.69) is 16.8 Å². The van der Waals surface area contributed by atoms with Crippen molar-refractivity contribution in [1.82, 2.24) is 9.80 Å². The molecule has 0 amide bonds. The Balaban J connectivity index is 1.75. The Morgan fingerprint density at radius 2 is 2.08 bits per heavy atom. The summed E-state index contributed by atoms with van der Waals surface area (Å²) in [6.45, 7) is 4.08. The molecule has 3 aliphatic rings. The van der Waals surface area contributed by atoms with E-state index in [4.69, 9.17) is 0 Å². The first-order valence-electron chi connectivity index (χ1n) is 5.75. The third-order valence-corrected chi connectivity index (χ3v) is 4.37. The Kier molecular flexibility index (Phi) is 1.72. The Hall–Kier alpha value is -0.0800. The van der Waals surface area contributed by atoms with Crippen molar-refractivity contribution in [1.29, 1.82) is 0 Å². The topological polar surface area (TPSA) is 6.48 Å². The molecule has 0 aromatic heterocycles. The van der Waals surface area contributed by atoms with Crippen molar-refractivity contribution in [3.05, 3.63) is 0 Å². The molecule has 0 aromatic rings. The lowest BCUT2D eigenvalue weighted by molar-refractivity contribution is 0.0117. The van der Waals surface area contributed by atoms with Crippen LogP contribution in [-0.2, 0) is 0 Å². The van der Waals surface area contributed by atoms with Crippen molar-refractivity contribution in [3.8, 4) is 0 Å². The van der Waals surface area contributed by atoms with Crippen molar-refractivity contribution < 1.29 is 0 Å². The van der Waals surface area contributed by atoms with Crippen LogP contribution in [0.5, 0.6) is 0 Å². The molecule has 0 N–H and O–H groups in total. The monoisotopic (exact) mass is 180 g/mol. The maximum Gasteiger partial charge on any atom is 0.0335 e. The Labute approximate surface area is 80.9 Å². The van der Waals surface area contributed by atoms with Crippen LogP contribution < -0.4 is 0 Å². The van der Waals surface area contributed by atoms with Crippen LogP contribution in [0.2, 0.25) is 0 Å². The molecule has 1 saturated carbocycles. The highest BCUT2D eigenvalue weighted by molar-refractivity contribution is 5.09. The molecule has 2 nitrogen and oxygen atoms in total. The van der Waals surface area contributed by atoms with Crippen LogP contribution in [0.15, 0.2) is 0 Å². The molecule has 74 valence electrons. The summed E-state index contributed by atoms with van der Waals surface area (Å²) in [5.74, 6) is 0. The van der Waals surface area contributed by atoms with E-state index < -0.39 is 0 Å². The minimum Gasteiger partial charge on any atom is -0.298 e. The number of fused-ring (bicyclic) bond motifs is 1. The molecule has 13 heavy (non-hydrogen) atoms. The van der Waals surface area contributed by atoms with E-state index in [0.29, 0.717) is 5.54 Å². The van der Waals surface area contributed by atoms with E-state index in [1.807, 2.05) is 0 Å². The van der Waals surface area contributed by atoms with Gasteiger partial charge in [0.1, 0.15) is 0 Å². The highest BCUT2D eigenvalue weighted by atomic mass is 15.3. The smallest absolute Gasteiger partial charge is 0.0335 e. The standard InChI is InChI=1S/C11H20N2/c1-12-8-10-4-2-3-7-13(10)9-11(12)5-6-11/h10H,2-9H2,1H3. The molecule has 0 radical (unpaired) electrons. The summed E-state index contributed by atoms with van der Waals surface area (Å²) < 4.78 is 0. The van der Waals surface area contributed by atoms with Crippen molar-refractivity contribution in [2.45, 2.75) is 43.7 Å². The predicted molar refractivity (Wildman–Crippen MR) is 53.8 cm³/mol. The van der Waals surface area contributed by atoms with Gasteiger partial charge < -0.3 is 0 Å². The molecular weight excluding hydrogens is 160 g/mol. The lowest BCUT2D eigenvalue weighted by atomic mass is 9.96. The normalized spacial score (nSPS) is 39.0. The molecule has 1 aliphatic carbocycles. The second-order valence-electron chi connectivity index (χ2n) is 5.22. The average Bonchev–Trinajstić information content (AvgIpc) is 2.88. The van der Waals surface area contributed by atoms with Gasteiger partial charge in [0.05, 0.1) is 0 Å². The fraction of sp³-hybridized carbons (Fsp3) is 1.00. The highest BCUT2D eigenvalue weighted by Gasteiger charge is 2.51. The van der Waals surface area contributed by atoms with Crippen molar-refractivity contribution in [3.63, 3.8) is 0 Å². The number of hydrogen-bond donors (Lipinski definition) is 0. The first-order valence-corrected chi connectivity index (χ1v) is 5.75. The quantitative estimate of drug-likeness (QED) is 0.555. The van der Waals surface area contributed by atoms with E-state index >= 15 is 0 Å². The summed E-state index contributed by atoms with van der Waals surface area (Å²) in [4.78, 5) is 5.40. The Morgan fingerprint density at radius 3 is 2.85 bits per heavy atom. The molecule has 1 spiro atoms. The number of piperazine rings is 1. The van der Waals surface area contributed by atoms with Gasteiger partial charge in [-0.05, 0) is 39.3 Å². The SMILES string of the molecule is CN1CC2CCCCN2CC12CC2. The van der Waals surface area contributed by atoms with Crippen LogP contribution in [0.3, 0.4) is 0 Å². The molecule has 0 bridgehead atoms. The second-order valence-corrected chi connectivity index (χ2v) is 5.22. The summed E-state index contributed by atoms with van der Waals surface area (Å²) in [5, 5.41) is 0. The molecule has 3 fully saturated rings. The molecule has 1 atom stereocenters. The van der Waals surface area contributed by atoms with E-state index in [0.717, 1.165) is 6.04 Å². The zero-order chi connectivity index (χ0) is 8.89. The van der Waals surface area contributed by atoms with Gasteiger partial charge in [-0.1, -0.05) is 6.42 Å². The maximum atomic E-state index is 2.76. The third-order valence-electron chi connectivity index (χ3n) is 4.37. The van der Waals surface area contributed by atoms with Crippen LogP contribution in [0, 0.1) is 0 Å². The molecule has 2 saturated heterocycles. The van der Waals surface area contributed by atoms with Crippen molar-refractivity contribution in [2.75, 3.05) is 26.7 Å². The van der Waals surface area contributed by atoms with Gasteiger partial charge in [0.15, 0.2) is 0 Å². The minimum absolute atomic E-state index is 0.633. The highest BCUT2D eigenvalue weighted by Crippen LogP contribution is 2.45. The van der Waals surface area contributed by atoms with Gasteiger partial charge in [-0.3, -0.25) is 9.80 Å². The number of likely N-dealkylation sites (N-methyl/N-ethyl adjacent to an activating group) is 1. The number of hydrogen-bond acceptors (Lipinski definition) is 2. The van der Waals surface area contributed by atoms with E-state index in [-0.39, 0.29) is 0 Å². The van der Waals surface area contributed by atoms with Gasteiger partial charge >= 0.3 is 0 Å². The largest absolute Gasteiger partial charge is 0.298 e. The van der Waals surface area contributed by atoms with Crippen LogP contribution in [0.25, 0.3) is 0 Å². The second kappa shape index (κ2) is 2.71. The first kappa shape index (κ1) is 8.25. The first-order chi connectivity index (χ1) is 6.30. The van der Waals surface area contributed by atoms with E-state index in [9.17, 15) is 0 Å². The van der Waals surface area contributed by atoms with Crippen LogP contribution >= 0.6 is 0 Å². The summed E-state index contributed by atoms with van der Waals surface area (Å²) in [7, 11) is 2.33. The van der Waals surface area contributed by atoms with Crippen LogP contribution in [0.4, 0.5) is 0 Å². The number of nitrogens with zero attached hydrogens (tertiary/aromatic N) is 2. The molecule has 2 heterocycles. The zero-order valence-corrected chi connectivity index (χ0v) is 8.63. The summed E-state index contributed by atoms with van der Waals surface area (Å²) in [5.41, 5.74) is 0.633. The number of rotatable bonds is 0. The summed E-state index contributed by atoms with van der Waals surface area (Å²) >= 11 is 0. The van der Waals surface area contributed by atoms with Gasteiger partial charge in [0.25, 0.3) is 0 Å². The Bertz CT molecular complexity index is 210. The summed E-state index contributed by atoms with van der Waals surface area (Å²) in [6.07, 6.45) is 7.25. The zero-order valence-electron chi connectivity index (χ0n) is 8.63. The average molecular weight is 180 g/mol. The molecule has 2 aliphatic heterocycles. The van der Waals surface area contributed by atoms with E-state index in [1.165, 1.54) is 51.7 Å². The van der Waals surface area contributed by atoms with E-state index in [1.54, 1.807) is 0 Å². The summed E-state index contributed by atoms with van der Waals surface area (Å²) in [6, 6.07) is 0.893. The predicted octanol–water partition coefficient (Wildman–Crippen LogP) is 1.32. The number of piperidine rings is 1. The Morgan fingerprint density at radius 1 is 1.23 bits per heavy atom. The van der Waals surface area contributed by atoms with Crippen LogP contribution in [-0.4, -0.2) is 48.1 Å². The lowest BCUT2D eigenvalue weighted by Crippen LogP contribution is -2.59. The van der Waals surface area contributed by atoms with Crippen molar-refractivity contribution >= 4 is 0 Å². The molecule has 2 heteroatoms. The molecule has 0 aromatic carbocycles. The van der Waals surface area contributed by atoms with Gasteiger partial charge in [-0.25, -0.2) is 0 Å². The maximum absolute atomic E-state index is 2.76. The molecular formula is C11H20N2. The minimum atomic E-state index is 0.633. The van der Waals surface area contributed by atoms with Gasteiger partial charge in [-0.15, -0.1) is 0 Å². The fourth-order valence-corrected chi connectivity index (χ4v) is 3.17. The fourth-order valence-electron chi connectivity index (χ4n) is 3.17. The van der Waals surface area contributed by atoms with Crippen molar-refractivity contribution in [2.24, 2.45) is 0 Å². The van der Waals surface area contributed by atoms with Gasteiger partial charge in [0.2, 0.25) is 0 Å². The van der Waals surface area contributed by atoms with Crippen LogP contribution in [0.1, 0.15) is 32.1 Å². The van der Waals surface area contributed by atoms with Gasteiger partial charge in [0, 0.05) is 24.7 Å². The van der Waals surface area contributed by atoms with Gasteiger partial charge in [-0.2, -0.15) is 0 Å². The molecule has 1 unspecified atom stereocenters. The lowest BCUT2D eigenvalue weighted by Gasteiger charge is -2.47. The third kappa shape index (κ3) is 1.23.